The van der Waals surface area contributed by atoms with Crippen LogP contribution in [0.1, 0.15) is 5.56 Å². The molecule has 0 bridgehead atoms. The lowest BCUT2D eigenvalue weighted by atomic mass is 10.0. The number of nitrogens with one attached hydrogen (secondary N) is 1. The molecule has 0 spiro atoms. The number of aliphatic hydroxyl groups is 1. The fourth-order valence-electron chi connectivity index (χ4n) is 2.92. The minimum absolute atomic E-state index is 0.0169. The van der Waals surface area contributed by atoms with Gasteiger partial charge in [0.1, 0.15) is 11.4 Å². The molecule has 118 valence electrons. The highest BCUT2D eigenvalue weighted by molar-refractivity contribution is 5.95. The molecular formula is C20H16N2O2. The van der Waals surface area contributed by atoms with E-state index in [4.69, 9.17) is 0 Å². The van der Waals surface area contributed by atoms with Crippen LogP contribution in [0.25, 0.3) is 33.3 Å². The molecule has 0 aliphatic carbocycles. The third kappa shape index (κ3) is 2.53. The largest absolute Gasteiger partial charge is 0.508 e. The number of nitrogens with zero attached hydrogens (tertiary/aromatic N) is 1. The van der Waals surface area contributed by atoms with Crippen molar-refractivity contribution in [3.8, 4) is 28.0 Å². The number of aromatic amines is 1. The maximum atomic E-state index is 9.69. The number of rotatable bonds is 3. The quantitative estimate of drug-likeness (QED) is 0.533. The average molecular weight is 316 g/mol. The summed E-state index contributed by atoms with van der Waals surface area (Å²) in [5.74, 6) is 0.234. The smallest absolute Gasteiger partial charge is 0.137 e. The first-order valence-electron chi connectivity index (χ1n) is 7.71. The number of benzene rings is 2. The van der Waals surface area contributed by atoms with E-state index < -0.39 is 0 Å². The first kappa shape index (κ1) is 14.5. The zero-order valence-electron chi connectivity index (χ0n) is 12.9. The third-order valence-electron chi connectivity index (χ3n) is 4.13. The number of aliphatic hydroxyl groups excluding tert-OH is 1. The highest BCUT2D eigenvalue weighted by atomic mass is 16.3. The molecule has 0 fully saturated rings. The van der Waals surface area contributed by atoms with E-state index in [0.29, 0.717) is 0 Å². The molecule has 0 amide bonds. The number of aromatic nitrogens is 2. The standard InChI is InChI=1S/C20H16N2O2/c23-12-13-3-1-5-15(7-13)19-11-22-20-18(19)9-16(10-21-20)14-4-2-6-17(24)8-14/h1-11,23-24H,12H2,(H,21,22). The molecule has 4 rings (SSSR count). The van der Waals surface area contributed by atoms with Gasteiger partial charge >= 0.3 is 0 Å². The third-order valence-corrected chi connectivity index (χ3v) is 4.13. The van der Waals surface area contributed by atoms with Gasteiger partial charge in [-0.25, -0.2) is 4.98 Å². The normalized spacial score (nSPS) is 11.0. The summed E-state index contributed by atoms with van der Waals surface area (Å²) in [4.78, 5) is 7.68. The van der Waals surface area contributed by atoms with Crippen molar-refractivity contribution in [2.24, 2.45) is 0 Å². The van der Waals surface area contributed by atoms with Gasteiger partial charge in [0.15, 0.2) is 0 Å². The highest BCUT2D eigenvalue weighted by Crippen LogP contribution is 2.32. The fraction of sp³-hybridized carbons (Fsp3) is 0.0500. The second-order valence-corrected chi connectivity index (χ2v) is 5.73. The molecular weight excluding hydrogens is 300 g/mol. The van der Waals surface area contributed by atoms with Crippen molar-refractivity contribution < 1.29 is 10.2 Å². The van der Waals surface area contributed by atoms with Gasteiger partial charge in [-0.15, -0.1) is 0 Å². The predicted molar refractivity (Wildman–Crippen MR) is 94.6 cm³/mol. The van der Waals surface area contributed by atoms with E-state index in [9.17, 15) is 10.2 Å². The van der Waals surface area contributed by atoms with Crippen molar-refractivity contribution >= 4 is 11.0 Å². The van der Waals surface area contributed by atoms with Gasteiger partial charge in [-0.2, -0.15) is 0 Å². The number of phenols is 1. The van der Waals surface area contributed by atoms with E-state index in [-0.39, 0.29) is 12.4 Å². The van der Waals surface area contributed by atoms with E-state index in [1.807, 2.05) is 42.6 Å². The Hall–Kier alpha value is -3.11. The zero-order valence-corrected chi connectivity index (χ0v) is 12.9. The SMILES string of the molecule is OCc1cccc(-c2c[nH]c3ncc(-c4cccc(O)c4)cc23)c1. The van der Waals surface area contributed by atoms with Crippen LogP contribution < -0.4 is 0 Å². The molecule has 2 aromatic carbocycles. The van der Waals surface area contributed by atoms with Gasteiger partial charge in [-0.3, -0.25) is 0 Å². The van der Waals surface area contributed by atoms with Crippen LogP contribution >= 0.6 is 0 Å². The topological polar surface area (TPSA) is 69.1 Å². The monoisotopic (exact) mass is 316 g/mol. The Kier molecular flexibility index (Phi) is 3.52. The van der Waals surface area contributed by atoms with E-state index in [0.717, 1.165) is 38.9 Å². The first-order chi connectivity index (χ1) is 11.7. The van der Waals surface area contributed by atoms with Crippen molar-refractivity contribution in [1.82, 2.24) is 9.97 Å². The molecule has 0 atom stereocenters. The van der Waals surface area contributed by atoms with Gasteiger partial charge in [0.2, 0.25) is 0 Å². The van der Waals surface area contributed by atoms with Crippen LogP contribution in [0.3, 0.4) is 0 Å². The second kappa shape index (κ2) is 5.83. The summed E-state index contributed by atoms with van der Waals surface area (Å²) < 4.78 is 0. The van der Waals surface area contributed by atoms with Gasteiger partial charge in [-0.1, -0.05) is 30.3 Å². The van der Waals surface area contributed by atoms with Gasteiger partial charge in [0.05, 0.1) is 6.61 Å². The fourth-order valence-corrected chi connectivity index (χ4v) is 2.92. The summed E-state index contributed by atoms with van der Waals surface area (Å²) >= 11 is 0. The van der Waals surface area contributed by atoms with E-state index >= 15 is 0 Å². The van der Waals surface area contributed by atoms with Gasteiger partial charge in [-0.05, 0) is 41.0 Å². The van der Waals surface area contributed by atoms with Crippen LogP contribution in [0.4, 0.5) is 0 Å². The van der Waals surface area contributed by atoms with E-state index in [1.54, 1.807) is 18.3 Å². The Morgan fingerprint density at radius 1 is 0.917 bits per heavy atom. The molecule has 2 heterocycles. The predicted octanol–water partition coefficient (Wildman–Crippen LogP) is 4.09. The van der Waals surface area contributed by atoms with Crippen molar-refractivity contribution in [2.45, 2.75) is 6.61 Å². The summed E-state index contributed by atoms with van der Waals surface area (Å²) in [6, 6.07) is 17.0. The van der Waals surface area contributed by atoms with Crippen LogP contribution in [0, 0.1) is 0 Å². The maximum Gasteiger partial charge on any atom is 0.137 e. The summed E-state index contributed by atoms with van der Waals surface area (Å²) in [7, 11) is 0. The van der Waals surface area contributed by atoms with Crippen LogP contribution in [0.2, 0.25) is 0 Å². The highest BCUT2D eigenvalue weighted by Gasteiger charge is 2.10. The lowest BCUT2D eigenvalue weighted by Gasteiger charge is -2.05. The summed E-state index contributed by atoms with van der Waals surface area (Å²) in [5, 5.41) is 20.0. The Morgan fingerprint density at radius 2 is 1.75 bits per heavy atom. The lowest BCUT2D eigenvalue weighted by Crippen LogP contribution is -1.85. The van der Waals surface area contributed by atoms with Gasteiger partial charge < -0.3 is 15.2 Å². The van der Waals surface area contributed by atoms with Crippen molar-refractivity contribution in [3.63, 3.8) is 0 Å². The lowest BCUT2D eigenvalue weighted by molar-refractivity contribution is 0.282. The number of aromatic hydroxyl groups is 1. The number of hydrogen-bond donors (Lipinski definition) is 3. The minimum Gasteiger partial charge on any atom is -0.508 e. The minimum atomic E-state index is 0.0169. The Bertz CT molecular complexity index is 1020. The molecule has 4 heteroatoms. The first-order valence-corrected chi connectivity index (χ1v) is 7.71. The molecule has 0 unspecified atom stereocenters. The van der Waals surface area contributed by atoms with Crippen molar-refractivity contribution in [2.75, 3.05) is 0 Å². The molecule has 0 aliphatic rings. The molecule has 0 saturated heterocycles. The number of pyridine rings is 1. The van der Waals surface area contributed by atoms with E-state index in [1.165, 1.54) is 0 Å². The van der Waals surface area contributed by atoms with Crippen LogP contribution in [-0.2, 0) is 6.61 Å². The molecule has 24 heavy (non-hydrogen) atoms. The zero-order chi connectivity index (χ0) is 16.5. The summed E-state index contributed by atoms with van der Waals surface area (Å²) in [6.45, 7) is 0.0169. The van der Waals surface area contributed by atoms with Crippen LogP contribution in [0.5, 0.6) is 5.75 Å². The Balaban J connectivity index is 1.87. The number of hydrogen-bond acceptors (Lipinski definition) is 3. The second-order valence-electron chi connectivity index (χ2n) is 5.73. The molecule has 0 saturated carbocycles. The molecule has 2 aromatic heterocycles. The van der Waals surface area contributed by atoms with Crippen LogP contribution in [0.15, 0.2) is 67.0 Å². The Labute approximate surface area is 139 Å². The number of phenolic OH excluding ortho intramolecular Hbond substituents is 1. The molecule has 0 aliphatic heterocycles. The Morgan fingerprint density at radius 3 is 2.58 bits per heavy atom. The van der Waals surface area contributed by atoms with E-state index in [2.05, 4.69) is 16.0 Å². The molecule has 4 nitrogen and oxygen atoms in total. The van der Waals surface area contributed by atoms with Crippen LogP contribution in [-0.4, -0.2) is 20.2 Å². The molecule has 0 radical (unpaired) electrons. The van der Waals surface area contributed by atoms with Gasteiger partial charge in [0, 0.05) is 28.9 Å². The summed E-state index contributed by atoms with van der Waals surface area (Å²) in [5.41, 5.74) is 5.61. The maximum absolute atomic E-state index is 9.69. The molecule has 4 aromatic rings. The van der Waals surface area contributed by atoms with Gasteiger partial charge in [0.25, 0.3) is 0 Å². The van der Waals surface area contributed by atoms with Crippen molar-refractivity contribution in [3.05, 3.63) is 72.6 Å². The summed E-state index contributed by atoms with van der Waals surface area (Å²) in [6.07, 6.45) is 3.72. The van der Waals surface area contributed by atoms with Crippen molar-refractivity contribution in [1.29, 1.82) is 0 Å². The number of fused-ring (bicyclic) bond motifs is 1. The molecule has 3 N–H and O–H groups in total. The average Bonchev–Trinajstić information content (AvgIpc) is 3.05. The number of H-pyrrole nitrogens is 1.